The Hall–Kier alpha value is -2.08. The molecule has 0 aliphatic carbocycles. The highest BCUT2D eigenvalue weighted by atomic mass is 32.2. The van der Waals surface area contributed by atoms with E-state index in [0.717, 1.165) is 17.2 Å². The molecule has 0 saturated carbocycles. The third-order valence-electron chi connectivity index (χ3n) is 4.10. The number of nitrogens with zero attached hydrogens (tertiary/aromatic N) is 3. The highest BCUT2D eigenvalue weighted by molar-refractivity contribution is 8.13. The van der Waals surface area contributed by atoms with Gasteiger partial charge < -0.3 is 0 Å². The number of benzene rings is 1. The lowest BCUT2D eigenvalue weighted by molar-refractivity contribution is -0.117. The van der Waals surface area contributed by atoms with E-state index in [9.17, 15) is 9.59 Å². The van der Waals surface area contributed by atoms with Gasteiger partial charge in [0, 0.05) is 31.7 Å². The van der Waals surface area contributed by atoms with E-state index in [-0.39, 0.29) is 16.9 Å². The summed E-state index contributed by atoms with van der Waals surface area (Å²) in [4.78, 5) is 25.4. The smallest absolute Gasteiger partial charge is 0.228 e. The van der Waals surface area contributed by atoms with Crippen LogP contribution in [0.2, 0.25) is 0 Å². The highest BCUT2D eigenvalue weighted by Gasteiger charge is 2.33. The molecule has 0 spiro atoms. The fourth-order valence-electron chi connectivity index (χ4n) is 2.90. The quantitative estimate of drug-likeness (QED) is 0.856. The second-order valence-electron chi connectivity index (χ2n) is 6.27. The molecule has 1 amide bonds. The molecule has 5 nitrogen and oxygen atoms in total. The number of anilines is 1. The Morgan fingerprint density at radius 1 is 1.29 bits per heavy atom. The van der Waals surface area contributed by atoms with Gasteiger partial charge in [-0.25, -0.2) is 4.68 Å². The molecule has 0 N–H and O–H groups in total. The Labute approximate surface area is 146 Å². The monoisotopic (exact) mass is 343 g/mol. The van der Waals surface area contributed by atoms with Crippen LogP contribution in [0, 0.1) is 19.8 Å². The summed E-state index contributed by atoms with van der Waals surface area (Å²) in [7, 11) is 0. The Morgan fingerprint density at radius 2 is 2.00 bits per heavy atom. The van der Waals surface area contributed by atoms with Crippen LogP contribution in [0.4, 0.5) is 5.82 Å². The van der Waals surface area contributed by atoms with Gasteiger partial charge in [-0.15, -0.1) is 0 Å². The molecule has 1 aliphatic heterocycles. The van der Waals surface area contributed by atoms with Gasteiger partial charge in [0.2, 0.25) is 5.91 Å². The maximum atomic E-state index is 12.5. The maximum Gasteiger partial charge on any atom is 0.228 e. The molecule has 1 aromatic carbocycles. The molecule has 0 radical (unpaired) electrons. The van der Waals surface area contributed by atoms with Crippen molar-refractivity contribution in [3.05, 3.63) is 41.6 Å². The summed E-state index contributed by atoms with van der Waals surface area (Å²) in [5.74, 6) is 1.79. The Balaban J connectivity index is 1.86. The molecule has 1 aliphatic rings. The van der Waals surface area contributed by atoms with Crippen LogP contribution in [0.25, 0.3) is 5.69 Å². The largest absolute Gasteiger partial charge is 0.296 e. The van der Waals surface area contributed by atoms with Gasteiger partial charge in [-0.2, -0.15) is 5.10 Å². The van der Waals surface area contributed by atoms with Crippen molar-refractivity contribution in [3.8, 4) is 5.69 Å². The Kier molecular flexibility index (Phi) is 4.76. The van der Waals surface area contributed by atoms with Crippen LogP contribution in [0.5, 0.6) is 0 Å². The molecule has 2 heterocycles. The summed E-state index contributed by atoms with van der Waals surface area (Å²) in [6.45, 7) is 6.17. The fraction of sp³-hybridized carbons (Fsp3) is 0.389. The predicted octanol–water partition coefficient (Wildman–Crippen LogP) is 3.12. The van der Waals surface area contributed by atoms with Crippen molar-refractivity contribution in [1.29, 1.82) is 0 Å². The molecule has 2 aromatic rings. The number of rotatable bonds is 4. The summed E-state index contributed by atoms with van der Waals surface area (Å²) in [5.41, 5.74) is 3.00. The molecule has 0 bridgehead atoms. The number of carbonyl (C=O) groups is 2. The minimum Gasteiger partial charge on any atom is -0.296 e. The van der Waals surface area contributed by atoms with Gasteiger partial charge in [0.1, 0.15) is 5.82 Å². The molecule has 3 rings (SSSR count). The van der Waals surface area contributed by atoms with Crippen molar-refractivity contribution in [2.75, 3.05) is 17.2 Å². The topological polar surface area (TPSA) is 55.2 Å². The lowest BCUT2D eigenvalue weighted by atomic mass is 10.1. The van der Waals surface area contributed by atoms with Crippen molar-refractivity contribution in [2.45, 2.75) is 27.2 Å². The van der Waals surface area contributed by atoms with Crippen LogP contribution in [0.1, 0.15) is 24.6 Å². The number of amides is 1. The average Bonchev–Trinajstić information content (AvgIpc) is 3.08. The Bertz CT molecular complexity index is 767. The highest BCUT2D eigenvalue weighted by Crippen LogP contribution is 2.29. The van der Waals surface area contributed by atoms with Gasteiger partial charge in [-0.3, -0.25) is 14.5 Å². The molecule has 1 unspecified atom stereocenters. The van der Waals surface area contributed by atoms with Gasteiger partial charge in [0.25, 0.3) is 0 Å². The van der Waals surface area contributed by atoms with Crippen molar-refractivity contribution in [2.24, 2.45) is 5.92 Å². The number of hydrogen-bond donors (Lipinski definition) is 0. The average molecular weight is 343 g/mol. The van der Waals surface area contributed by atoms with Crippen molar-refractivity contribution < 1.29 is 9.59 Å². The lowest BCUT2D eigenvalue weighted by Gasteiger charge is -2.18. The number of aromatic nitrogens is 2. The molecule has 1 fully saturated rings. The molecular weight excluding hydrogens is 322 g/mol. The number of thioether (sulfide) groups is 1. The SMILES string of the molecule is CC(=O)SCC1CC(=O)N(c2cc(C)nn2-c2ccc(C)cc2)C1. The summed E-state index contributed by atoms with van der Waals surface area (Å²) in [6.07, 6.45) is 0.485. The zero-order valence-electron chi connectivity index (χ0n) is 14.2. The lowest BCUT2D eigenvalue weighted by Crippen LogP contribution is -2.27. The summed E-state index contributed by atoms with van der Waals surface area (Å²) in [6, 6.07) is 10.0. The van der Waals surface area contributed by atoms with Gasteiger partial charge >= 0.3 is 0 Å². The first-order valence-corrected chi connectivity index (χ1v) is 9.00. The molecule has 1 atom stereocenters. The third kappa shape index (κ3) is 3.53. The summed E-state index contributed by atoms with van der Waals surface area (Å²) in [5, 5.41) is 4.65. The number of hydrogen-bond acceptors (Lipinski definition) is 4. The minimum atomic E-state index is 0.0948. The minimum absolute atomic E-state index is 0.0948. The van der Waals surface area contributed by atoms with Crippen molar-refractivity contribution >= 4 is 28.6 Å². The van der Waals surface area contributed by atoms with Gasteiger partial charge in [0.15, 0.2) is 5.12 Å². The zero-order chi connectivity index (χ0) is 17.3. The van der Waals surface area contributed by atoms with E-state index in [1.165, 1.54) is 17.3 Å². The van der Waals surface area contributed by atoms with Crippen LogP contribution in [0.3, 0.4) is 0 Å². The van der Waals surface area contributed by atoms with E-state index in [0.29, 0.717) is 18.7 Å². The van der Waals surface area contributed by atoms with E-state index in [4.69, 9.17) is 0 Å². The molecule has 6 heteroatoms. The van der Waals surface area contributed by atoms with Gasteiger partial charge in [-0.05, 0) is 31.9 Å². The van der Waals surface area contributed by atoms with Crippen LogP contribution in [-0.4, -0.2) is 33.1 Å². The van der Waals surface area contributed by atoms with Crippen LogP contribution in [-0.2, 0) is 9.59 Å². The number of carbonyl (C=O) groups excluding carboxylic acids is 2. The Morgan fingerprint density at radius 3 is 2.67 bits per heavy atom. The fourth-order valence-corrected chi connectivity index (χ4v) is 3.60. The van der Waals surface area contributed by atoms with Crippen molar-refractivity contribution in [1.82, 2.24) is 9.78 Å². The van der Waals surface area contributed by atoms with E-state index in [1.54, 1.807) is 11.8 Å². The molecule has 1 aromatic heterocycles. The summed E-state index contributed by atoms with van der Waals surface area (Å²) < 4.78 is 1.83. The first-order chi connectivity index (χ1) is 11.4. The predicted molar refractivity (Wildman–Crippen MR) is 96.6 cm³/mol. The zero-order valence-corrected chi connectivity index (χ0v) is 15.0. The van der Waals surface area contributed by atoms with Gasteiger partial charge in [0.05, 0.1) is 11.4 Å². The first kappa shape index (κ1) is 16.8. The molecule has 24 heavy (non-hydrogen) atoms. The standard InChI is InChI=1S/C18H21N3O2S/c1-12-4-6-16(7-5-12)21-17(8-13(2)19-21)20-10-15(9-18(20)23)11-24-14(3)22/h4-8,15H,9-11H2,1-3H3. The van der Waals surface area contributed by atoms with E-state index in [1.807, 2.05) is 48.9 Å². The molecular formula is C18H21N3O2S. The van der Waals surface area contributed by atoms with Gasteiger partial charge in [-0.1, -0.05) is 29.5 Å². The number of aryl methyl sites for hydroxylation is 2. The van der Waals surface area contributed by atoms with E-state index >= 15 is 0 Å². The molecule has 1 saturated heterocycles. The second-order valence-corrected chi connectivity index (χ2v) is 7.47. The third-order valence-corrected chi connectivity index (χ3v) is 5.14. The second kappa shape index (κ2) is 6.81. The molecule has 126 valence electrons. The van der Waals surface area contributed by atoms with Crippen LogP contribution in [0.15, 0.2) is 30.3 Å². The van der Waals surface area contributed by atoms with E-state index in [2.05, 4.69) is 5.10 Å². The first-order valence-electron chi connectivity index (χ1n) is 8.01. The van der Waals surface area contributed by atoms with Crippen LogP contribution >= 0.6 is 11.8 Å². The summed E-state index contributed by atoms with van der Waals surface area (Å²) >= 11 is 1.29. The normalized spacial score (nSPS) is 17.5. The van der Waals surface area contributed by atoms with Crippen molar-refractivity contribution in [3.63, 3.8) is 0 Å². The van der Waals surface area contributed by atoms with E-state index < -0.39 is 0 Å². The maximum absolute atomic E-state index is 12.5. The van der Waals surface area contributed by atoms with Crippen LogP contribution < -0.4 is 4.90 Å².